The predicted molar refractivity (Wildman–Crippen MR) is 45.2 cm³/mol. The van der Waals surface area contributed by atoms with Gasteiger partial charge in [-0.15, -0.1) is 0 Å². The van der Waals surface area contributed by atoms with Crippen molar-refractivity contribution in [3.8, 4) is 0 Å². The molecule has 2 aromatic rings. The molecule has 0 saturated heterocycles. The molecule has 0 aliphatic carbocycles. The Bertz CT molecular complexity index is 404. The smallest absolute Gasteiger partial charge is 0.166 e. The summed E-state index contributed by atoms with van der Waals surface area (Å²) in [6, 6.07) is 1.81. The highest BCUT2D eigenvalue weighted by Gasteiger charge is 2.07. The molecule has 0 radical (unpaired) electrons. The van der Waals surface area contributed by atoms with Crippen LogP contribution in [0.25, 0.3) is 11.0 Å². The van der Waals surface area contributed by atoms with Gasteiger partial charge in [0.1, 0.15) is 5.65 Å². The second kappa shape index (κ2) is 2.20. The van der Waals surface area contributed by atoms with Gasteiger partial charge in [-0.1, -0.05) is 0 Å². The van der Waals surface area contributed by atoms with Gasteiger partial charge in [0.05, 0.1) is 11.4 Å². The fraction of sp³-hybridized carbons (Fsp3) is 0.250. The highest BCUT2D eigenvalue weighted by atomic mass is 16.1. The van der Waals surface area contributed by atoms with Crippen LogP contribution in [-0.2, 0) is 7.05 Å². The third kappa shape index (κ3) is 0.777. The Balaban J connectivity index is 2.83. The van der Waals surface area contributed by atoms with Crippen LogP contribution in [0.15, 0.2) is 6.07 Å². The Hall–Kier alpha value is -1.58. The van der Waals surface area contributed by atoms with Crippen molar-refractivity contribution in [2.24, 2.45) is 7.05 Å². The van der Waals surface area contributed by atoms with Crippen LogP contribution in [0.3, 0.4) is 0 Å². The Morgan fingerprint density at radius 1 is 1.67 bits per heavy atom. The zero-order valence-electron chi connectivity index (χ0n) is 6.96. The number of nitrogens with one attached hydrogen (secondary N) is 1. The van der Waals surface area contributed by atoms with E-state index in [9.17, 15) is 4.79 Å². The summed E-state index contributed by atoms with van der Waals surface area (Å²) in [5.74, 6) is 0. The number of fused-ring (bicyclic) bond motifs is 1. The van der Waals surface area contributed by atoms with Crippen molar-refractivity contribution >= 4 is 17.3 Å². The van der Waals surface area contributed by atoms with E-state index in [0.29, 0.717) is 5.69 Å². The zero-order chi connectivity index (χ0) is 8.72. The molecule has 1 N–H and O–H groups in total. The van der Waals surface area contributed by atoms with Gasteiger partial charge in [0.15, 0.2) is 6.29 Å². The maximum absolute atomic E-state index is 10.4. The molecule has 0 atom stereocenters. The summed E-state index contributed by atoms with van der Waals surface area (Å²) in [5, 5.41) is 5.21. The molecule has 4 nitrogen and oxygen atoms in total. The van der Waals surface area contributed by atoms with Crippen LogP contribution in [0.2, 0.25) is 0 Å². The van der Waals surface area contributed by atoms with Crippen LogP contribution in [-0.4, -0.2) is 21.1 Å². The lowest BCUT2D eigenvalue weighted by Gasteiger charge is -1.87. The van der Waals surface area contributed by atoms with Crippen molar-refractivity contribution in [1.82, 2.24) is 14.8 Å². The van der Waals surface area contributed by atoms with E-state index in [-0.39, 0.29) is 0 Å². The number of aryl methyl sites for hydroxylation is 2. The fourth-order valence-electron chi connectivity index (χ4n) is 1.39. The molecule has 0 aliphatic rings. The Kier molecular flexibility index (Phi) is 1.30. The number of aromatic nitrogens is 3. The molecule has 4 heteroatoms. The maximum atomic E-state index is 10.4. The molecular weight excluding hydrogens is 154 g/mol. The number of carbonyl (C=O) groups excluding carboxylic acids is 1. The lowest BCUT2D eigenvalue weighted by molar-refractivity contribution is 0.111. The number of hydrogen-bond acceptors (Lipinski definition) is 2. The lowest BCUT2D eigenvalue weighted by Crippen LogP contribution is -1.91. The summed E-state index contributed by atoms with van der Waals surface area (Å²) in [4.78, 5) is 13.4. The minimum Gasteiger partial charge on any atom is -0.337 e. The quantitative estimate of drug-likeness (QED) is 0.638. The highest BCUT2D eigenvalue weighted by molar-refractivity contribution is 5.87. The van der Waals surface area contributed by atoms with Crippen LogP contribution in [0.4, 0.5) is 0 Å². The first kappa shape index (κ1) is 7.09. The van der Waals surface area contributed by atoms with Crippen LogP contribution < -0.4 is 0 Å². The molecule has 0 spiro atoms. The first-order valence-electron chi connectivity index (χ1n) is 3.70. The summed E-state index contributed by atoms with van der Waals surface area (Å²) in [7, 11) is 1.85. The average molecular weight is 163 g/mol. The molecule has 2 rings (SSSR count). The van der Waals surface area contributed by atoms with Crippen molar-refractivity contribution in [3.05, 3.63) is 17.5 Å². The van der Waals surface area contributed by atoms with E-state index in [4.69, 9.17) is 0 Å². The number of rotatable bonds is 1. The van der Waals surface area contributed by atoms with Gasteiger partial charge < -0.3 is 4.98 Å². The van der Waals surface area contributed by atoms with Gasteiger partial charge in [-0.3, -0.25) is 9.48 Å². The molecule has 0 aromatic carbocycles. The number of aldehydes is 1. The Morgan fingerprint density at radius 2 is 2.42 bits per heavy atom. The largest absolute Gasteiger partial charge is 0.337 e. The van der Waals surface area contributed by atoms with Crippen molar-refractivity contribution < 1.29 is 4.79 Å². The summed E-state index contributed by atoms with van der Waals surface area (Å²) < 4.78 is 1.73. The normalized spacial score (nSPS) is 10.8. The molecule has 12 heavy (non-hydrogen) atoms. The molecule has 62 valence electrons. The van der Waals surface area contributed by atoms with Crippen LogP contribution in [0.5, 0.6) is 0 Å². The number of hydrogen-bond donors (Lipinski definition) is 1. The molecule has 2 heterocycles. The van der Waals surface area contributed by atoms with E-state index in [1.807, 2.05) is 20.0 Å². The Morgan fingerprint density at radius 3 is 3.00 bits per heavy atom. The van der Waals surface area contributed by atoms with Gasteiger partial charge in [-0.25, -0.2) is 0 Å². The fourth-order valence-corrected chi connectivity index (χ4v) is 1.39. The third-order valence-electron chi connectivity index (χ3n) is 1.96. The molecule has 2 aromatic heterocycles. The van der Waals surface area contributed by atoms with Crippen molar-refractivity contribution in [2.45, 2.75) is 6.92 Å². The minimum atomic E-state index is 0.598. The van der Waals surface area contributed by atoms with Gasteiger partial charge in [-0.2, -0.15) is 5.10 Å². The molecular formula is C8H9N3O. The first-order valence-corrected chi connectivity index (χ1v) is 3.70. The second-order valence-corrected chi connectivity index (χ2v) is 2.81. The van der Waals surface area contributed by atoms with Gasteiger partial charge in [0, 0.05) is 12.4 Å². The highest BCUT2D eigenvalue weighted by Crippen LogP contribution is 2.16. The molecule has 0 saturated carbocycles. The van der Waals surface area contributed by atoms with Crippen molar-refractivity contribution in [3.63, 3.8) is 0 Å². The van der Waals surface area contributed by atoms with E-state index in [1.54, 1.807) is 4.68 Å². The predicted octanol–water partition coefficient (Wildman–Crippen LogP) is 1.02. The number of carbonyl (C=O) groups is 1. The maximum Gasteiger partial charge on any atom is 0.166 e. The number of H-pyrrole nitrogens is 1. The third-order valence-corrected chi connectivity index (χ3v) is 1.96. The SMILES string of the molecule is Cc1nn(C)c2[nH]c(C=O)cc12. The number of nitrogens with zero attached hydrogens (tertiary/aromatic N) is 2. The lowest BCUT2D eigenvalue weighted by atomic mass is 10.3. The van der Waals surface area contributed by atoms with Gasteiger partial charge in [-0.05, 0) is 13.0 Å². The van der Waals surface area contributed by atoms with Gasteiger partial charge in [0.2, 0.25) is 0 Å². The van der Waals surface area contributed by atoms with Crippen LogP contribution in [0.1, 0.15) is 16.2 Å². The van der Waals surface area contributed by atoms with Crippen LogP contribution in [0, 0.1) is 6.92 Å². The summed E-state index contributed by atoms with van der Waals surface area (Å²) in [5.41, 5.74) is 2.44. The van der Waals surface area contributed by atoms with E-state index < -0.39 is 0 Å². The second-order valence-electron chi connectivity index (χ2n) is 2.81. The van der Waals surface area contributed by atoms with E-state index in [1.165, 1.54) is 0 Å². The van der Waals surface area contributed by atoms with Gasteiger partial charge in [0.25, 0.3) is 0 Å². The summed E-state index contributed by atoms with van der Waals surface area (Å²) >= 11 is 0. The minimum absolute atomic E-state index is 0.598. The summed E-state index contributed by atoms with van der Waals surface area (Å²) in [6.07, 6.45) is 0.805. The topological polar surface area (TPSA) is 50.7 Å². The molecule has 0 fully saturated rings. The van der Waals surface area contributed by atoms with E-state index >= 15 is 0 Å². The molecule has 0 bridgehead atoms. The standard InChI is InChI=1S/C8H9N3O/c1-5-7-3-6(4-12)9-8(7)11(2)10-5/h3-4,9H,1-2H3. The van der Waals surface area contributed by atoms with E-state index in [2.05, 4.69) is 10.1 Å². The van der Waals surface area contributed by atoms with E-state index in [0.717, 1.165) is 23.0 Å². The van der Waals surface area contributed by atoms with Crippen molar-refractivity contribution in [1.29, 1.82) is 0 Å². The molecule has 0 unspecified atom stereocenters. The average Bonchev–Trinajstić information content (AvgIpc) is 2.55. The van der Waals surface area contributed by atoms with Crippen LogP contribution >= 0.6 is 0 Å². The molecule has 0 amide bonds. The monoisotopic (exact) mass is 163 g/mol. The Labute approximate surface area is 69.2 Å². The first-order chi connectivity index (χ1) is 5.72. The number of aromatic amines is 1. The molecule has 0 aliphatic heterocycles. The summed E-state index contributed by atoms with van der Waals surface area (Å²) in [6.45, 7) is 1.92. The van der Waals surface area contributed by atoms with Crippen molar-refractivity contribution in [2.75, 3.05) is 0 Å². The van der Waals surface area contributed by atoms with Gasteiger partial charge >= 0.3 is 0 Å². The zero-order valence-corrected chi connectivity index (χ0v) is 6.96.